The molecule has 1 aromatic carbocycles. The Labute approximate surface area is 99.6 Å². The van der Waals surface area contributed by atoms with E-state index in [0.29, 0.717) is 5.84 Å². The van der Waals surface area contributed by atoms with Gasteiger partial charge in [0.05, 0.1) is 23.3 Å². The van der Waals surface area contributed by atoms with Crippen molar-refractivity contribution in [2.75, 3.05) is 5.88 Å². The molecule has 1 heterocycles. The predicted molar refractivity (Wildman–Crippen MR) is 65.8 cm³/mol. The molecule has 0 radical (unpaired) electrons. The Bertz CT molecular complexity index is 520. The molecule has 78 valence electrons. The van der Waals surface area contributed by atoms with Gasteiger partial charge in [0.25, 0.3) is 0 Å². The van der Waals surface area contributed by atoms with Crippen molar-refractivity contribution in [3.63, 3.8) is 0 Å². The molecule has 1 aromatic heterocycles. The van der Waals surface area contributed by atoms with E-state index < -0.39 is 0 Å². The molecule has 4 nitrogen and oxygen atoms in total. The summed E-state index contributed by atoms with van der Waals surface area (Å²) in [4.78, 5) is 4.17. The molecule has 0 aliphatic heterocycles. The predicted octanol–water partition coefficient (Wildman–Crippen LogP) is 2.55. The van der Waals surface area contributed by atoms with Gasteiger partial charge in [-0.15, -0.1) is 11.6 Å². The molecule has 0 atom stereocenters. The first-order chi connectivity index (χ1) is 7.20. The van der Waals surface area contributed by atoms with Gasteiger partial charge >= 0.3 is 0 Å². The Kier molecular flexibility index (Phi) is 2.93. The van der Waals surface area contributed by atoms with Crippen molar-refractivity contribution in [2.24, 2.45) is 10.7 Å². The van der Waals surface area contributed by atoms with Gasteiger partial charge in [-0.2, -0.15) is 5.10 Å². The topological polar surface area (TPSA) is 67.1 Å². The Hall–Kier alpha value is -1.07. The molecule has 2 aromatic rings. The number of H-pyrrole nitrogens is 1. The second kappa shape index (κ2) is 4.20. The number of amidine groups is 1. The molecule has 0 unspecified atom stereocenters. The normalized spacial score (nSPS) is 12.3. The van der Waals surface area contributed by atoms with E-state index in [1.54, 1.807) is 6.20 Å². The maximum Gasteiger partial charge on any atom is 0.115 e. The molecule has 2 rings (SSSR count). The van der Waals surface area contributed by atoms with Gasteiger partial charge in [-0.3, -0.25) is 5.10 Å². The molecule has 0 fully saturated rings. The molecule has 0 saturated heterocycles. The molecule has 0 aliphatic rings. The van der Waals surface area contributed by atoms with Gasteiger partial charge in [0, 0.05) is 9.86 Å². The lowest BCUT2D eigenvalue weighted by Gasteiger charge is -2.00. The summed E-state index contributed by atoms with van der Waals surface area (Å²) >= 11 is 8.97. The first-order valence-corrected chi connectivity index (χ1v) is 5.55. The molecule has 6 heteroatoms. The van der Waals surface area contributed by atoms with Crippen LogP contribution >= 0.6 is 27.5 Å². The summed E-state index contributed by atoms with van der Waals surface area (Å²) < 4.78 is 0.865. The monoisotopic (exact) mass is 286 g/mol. The number of hydrogen-bond donors (Lipinski definition) is 2. The van der Waals surface area contributed by atoms with Crippen molar-refractivity contribution in [1.82, 2.24) is 10.2 Å². The zero-order valence-electron chi connectivity index (χ0n) is 7.67. The molecule has 15 heavy (non-hydrogen) atoms. The Morgan fingerprint density at radius 1 is 1.60 bits per heavy atom. The van der Waals surface area contributed by atoms with Gasteiger partial charge in [-0.25, -0.2) is 4.99 Å². The van der Waals surface area contributed by atoms with Gasteiger partial charge in [-0.05, 0) is 28.1 Å². The summed E-state index contributed by atoms with van der Waals surface area (Å²) in [6, 6.07) is 3.80. The zero-order chi connectivity index (χ0) is 10.8. The minimum Gasteiger partial charge on any atom is -0.386 e. The molecule has 0 amide bonds. The van der Waals surface area contributed by atoms with Crippen LogP contribution in [0.4, 0.5) is 5.69 Å². The van der Waals surface area contributed by atoms with E-state index in [4.69, 9.17) is 17.3 Å². The highest BCUT2D eigenvalue weighted by Gasteiger charge is 2.03. The highest BCUT2D eigenvalue weighted by Crippen LogP contribution is 2.29. The van der Waals surface area contributed by atoms with Crippen LogP contribution in [0.2, 0.25) is 0 Å². The fourth-order valence-corrected chi connectivity index (χ4v) is 1.73. The maximum absolute atomic E-state index is 5.56. The van der Waals surface area contributed by atoms with Crippen molar-refractivity contribution >= 4 is 50.0 Å². The average Bonchev–Trinajstić information content (AvgIpc) is 2.65. The summed E-state index contributed by atoms with van der Waals surface area (Å²) in [6.45, 7) is 0. The smallest absolute Gasteiger partial charge is 0.115 e. The number of halogens is 2. The van der Waals surface area contributed by atoms with E-state index in [9.17, 15) is 0 Å². The summed E-state index contributed by atoms with van der Waals surface area (Å²) in [7, 11) is 0. The molecular formula is C9H8BrClN4. The number of aromatic nitrogens is 2. The lowest BCUT2D eigenvalue weighted by atomic mass is 10.2. The first kappa shape index (κ1) is 10.4. The third-order valence-corrected chi connectivity index (χ3v) is 2.82. The maximum atomic E-state index is 5.56. The average molecular weight is 288 g/mol. The highest BCUT2D eigenvalue weighted by molar-refractivity contribution is 9.10. The van der Waals surface area contributed by atoms with Crippen LogP contribution in [0.5, 0.6) is 0 Å². The lowest BCUT2D eigenvalue weighted by Crippen LogP contribution is -2.12. The Morgan fingerprint density at radius 3 is 3.13 bits per heavy atom. The molecule has 0 aliphatic carbocycles. The largest absolute Gasteiger partial charge is 0.386 e. The second-order valence-corrected chi connectivity index (χ2v) is 4.12. The van der Waals surface area contributed by atoms with Crippen LogP contribution in [-0.4, -0.2) is 21.9 Å². The number of alkyl halides is 1. The number of benzene rings is 1. The SMILES string of the molecule is NC(CCl)=Nc1cc2[nH]ncc2cc1Br. The van der Waals surface area contributed by atoms with Crippen molar-refractivity contribution in [1.29, 1.82) is 0 Å². The van der Waals surface area contributed by atoms with Crippen LogP contribution in [0, 0.1) is 0 Å². The van der Waals surface area contributed by atoms with E-state index in [0.717, 1.165) is 21.1 Å². The van der Waals surface area contributed by atoms with Crippen molar-refractivity contribution < 1.29 is 0 Å². The molecule has 0 spiro atoms. The standard InChI is InChI=1S/C9H8BrClN4/c10-6-1-5-4-13-15-7(5)2-8(6)14-9(12)3-11/h1-2,4H,3H2,(H2,12,14)(H,13,15). The number of rotatable bonds is 2. The van der Waals surface area contributed by atoms with Crippen LogP contribution < -0.4 is 5.73 Å². The Balaban J connectivity index is 2.55. The summed E-state index contributed by atoms with van der Waals surface area (Å²) in [6.07, 6.45) is 1.75. The molecule has 0 bridgehead atoms. The number of nitrogens with zero attached hydrogens (tertiary/aromatic N) is 2. The van der Waals surface area contributed by atoms with Gasteiger partial charge in [0.2, 0.25) is 0 Å². The van der Waals surface area contributed by atoms with Crippen LogP contribution in [0.25, 0.3) is 10.9 Å². The van der Waals surface area contributed by atoms with Crippen LogP contribution in [0.1, 0.15) is 0 Å². The van der Waals surface area contributed by atoms with Gasteiger partial charge in [0.15, 0.2) is 0 Å². The second-order valence-electron chi connectivity index (χ2n) is 3.00. The zero-order valence-corrected chi connectivity index (χ0v) is 10.0. The van der Waals surface area contributed by atoms with Gasteiger partial charge in [-0.1, -0.05) is 0 Å². The van der Waals surface area contributed by atoms with Crippen molar-refractivity contribution in [2.45, 2.75) is 0 Å². The fraction of sp³-hybridized carbons (Fsp3) is 0.111. The van der Waals surface area contributed by atoms with E-state index in [1.165, 1.54) is 0 Å². The number of aromatic amines is 1. The fourth-order valence-electron chi connectivity index (χ4n) is 1.22. The summed E-state index contributed by atoms with van der Waals surface area (Å²) in [5.74, 6) is 0.601. The van der Waals surface area contributed by atoms with Crippen LogP contribution in [-0.2, 0) is 0 Å². The van der Waals surface area contributed by atoms with E-state index in [-0.39, 0.29) is 5.88 Å². The minimum absolute atomic E-state index is 0.216. The van der Waals surface area contributed by atoms with E-state index >= 15 is 0 Å². The van der Waals surface area contributed by atoms with Crippen molar-refractivity contribution in [3.8, 4) is 0 Å². The number of nitrogens with one attached hydrogen (secondary N) is 1. The molecule has 0 saturated carbocycles. The summed E-state index contributed by atoms with van der Waals surface area (Å²) in [5.41, 5.74) is 7.22. The number of nitrogens with two attached hydrogens (primary N) is 1. The van der Waals surface area contributed by atoms with Gasteiger partial charge < -0.3 is 5.73 Å². The van der Waals surface area contributed by atoms with E-state index in [2.05, 4.69) is 31.1 Å². The third-order valence-electron chi connectivity index (χ3n) is 1.91. The number of fused-ring (bicyclic) bond motifs is 1. The highest BCUT2D eigenvalue weighted by atomic mass is 79.9. The third kappa shape index (κ3) is 2.13. The Morgan fingerprint density at radius 2 is 2.40 bits per heavy atom. The quantitative estimate of drug-likeness (QED) is 0.506. The van der Waals surface area contributed by atoms with Crippen LogP contribution in [0.3, 0.4) is 0 Å². The van der Waals surface area contributed by atoms with Crippen molar-refractivity contribution in [3.05, 3.63) is 22.8 Å². The first-order valence-electron chi connectivity index (χ1n) is 4.22. The summed E-state index contributed by atoms with van der Waals surface area (Å²) in [5, 5.41) is 7.81. The lowest BCUT2D eigenvalue weighted by molar-refractivity contribution is 1.12. The number of hydrogen-bond acceptors (Lipinski definition) is 2. The molecular weight excluding hydrogens is 279 g/mol. The number of aliphatic imine (C=N–C) groups is 1. The van der Waals surface area contributed by atoms with Crippen LogP contribution in [0.15, 0.2) is 27.8 Å². The molecule has 3 N–H and O–H groups in total. The minimum atomic E-state index is 0.216. The van der Waals surface area contributed by atoms with E-state index in [1.807, 2.05) is 12.1 Å². The van der Waals surface area contributed by atoms with Gasteiger partial charge in [0.1, 0.15) is 5.84 Å².